The summed E-state index contributed by atoms with van der Waals surface area (Å²) in [5.74, 6) is 1.01. The SMILES string of the molecule is NC/C=C/CNS(=O)(=O)c1ccc2c(c1)OCCO2. The molecule has 0 aromatic heterocycles. The van der Waals surface area contributed by atoms with Crippen molar-refractivity contribution in [3.8, 4) is 11.5 Å². The molecule has 1 aromatic rings. The maximum Gasteiger partial charge on any atom is 0.240 e. The standard InChI is InChI=1S/C12H16N2O4S/c13-5-1-2-6-14-19(15,16)10-3-4-11-12(9-10)18-8-7-17-11/h1-4,9,14H,5-8,13H2/b2-1+. The second-order valence-corrected chi connectivity index (χ2v) is 5.63. The van der Waals surface area contributed by atoms with Crippen LogP contribution in [0.25, 0.3) is 0 Å². The number of hydrogen-bond acceptors (Lipinski definition) is 5. The van der Waals surface area contributed by atoms with Gasteiger partial charge >= 0.3 is 0 Å². The van der Waals surface area contributed by atoms with E-state index in [-0.39, 0.29) is 11.4 Å². The predicted octanol–water partition coefficient (Wildman–Crippen LogP) is 0.251. The Morgan fingerprint density at radius 2 is 1.95 bits per heavy atom. The Balaban J connectivity index is 2.14. The molecule has 0 bridgehead atoms. The molecule has 0 aliphatic carbocycles. The topological polar surface area (TPSA) is 90.7 Å². The van der Waals surface area contributed by atoms with Crippen LogP contribution < -0.4 is 19.9 Å². The van der Waals surface area contributed by atoms with E-state index in [1.807, 2.05) is 0 Å². The van der Waals surface area contributed by atoms with Crippen molar-refractivity contribution in [3.63, 3.8) is 0 Å². The van der Waals surface area contributed by atoms with E-state index in [1.165, 1.54) is 12.1 Å². The van der Waals surface area contributed by atoms with Crippen molar-refractivity contribution in [2.75, 3.05) is 26.3 Å². The fourth-order valence-electron chi connectivity index (χ4n) is 1.61. The summed E-state index contributed by atoms with van der Waals surface area (Å²) in [7, 11) is -3.55. The van der Waals surface area contributed by atoms with Crippen LogP contribution in [-0.4, -0.2) is 34.7 Å². The molecule has 0 radical (unpaired) electrons. The molecule has 104 valence electrons. The fourth-order valence-corrected chi connectivity index (χ4v) is 2.60. The second kappa shape index (κ2) is 6.05. The first-order valence-electron chi connectivity index (χ1n) is 5.88. The summed E-state index contributed by atoms with van der Waals surface area (Å²) in [6.07, 6.45) is 3.35. The predicted molar refractivity (Wildman–Crippen MR) is 70.8 cm³/mol. The van der Waals surface area contributed by atoms with E-state index in [9.17, 15) is 8.42 Å². The van der Waals surface area contributed by atoms with E-state index in [2.05, 4.69) is 4.72 Å². The molecule has 1 heterocycles. The maximum absolute atomic E-state index is 12.0. The summed E-state index contributed by atoms with van der Waals surface area (Å²) < 4.78 is 37.2. The lowest BCUT2D eigenvalue weighted by Gasteiger charge is -2.18. The van der Waals surface area contributed by atoms with Gasteiger partial charge in [-0.3, -0.25) is 0 Å². The molecule has 0 saturated heterocycles. The van der Waals surface area contributed by atoms with Gasteiger partial charge in [-0.1, -0.05) is 12.2 Å². The Bertz CT molecular complexity index is 569. The Labute approximate surface area is 112 Å². The molecule has 1 aromatic carbocycles. The van der Waals surface area contributed by atoms with Crippen molar-refractivity contribution >= 4 is 10.0 Å². The number of sulfonamides is 1. The van der Waals surface area contributed by atoms with Gasteiger partial charge in [-0.05, 0) is 12.1 Å². The highest BCUT2D eigenvalue weighted by molar-refractivity contribution is 7.89. The van der Waals surface area contributed by atoms with Gasteiger partial charge in [0.15, 0.2) is 11.5 Å². The summed E-state index contributed by atoms with van der Waals surface area (Å²) >= 11 is 0. The van der Waals surface area contributed by atoms with E-state index < -0.39 is 10.0 Å². The Morgan fingerprint density at radius 3 is 2.68 bits per heavy atom. The highest BCUT2D eigenvalue weighted by Crippen LogP contribution is 2.32. The van der Waals surface area contributed by atoms with Crippen LogP contribution in [0.3, 0.4) is 0 Å². The number of fused-ring (bicyclic) bond motifs is 1. The zero-order chi connectivity index (χ0) is 13.7. The lowest BCUT2D eigenvalue weighted by atomic mass is 10.3. The zero-order valence-corrected chi connectivity index (χ0v) is 11.2. The summed E-state index contributed by atoms with van der Waals surface area (Å²) in [5.41, 5.74) is 5.27. The first-order chi connectivity index (χ1) is 9.13. The minimum Gasteiger partial charge on any atom is -0.486 e. The van der Waals surface area contributed by atoms with Gasteiger partial charge in [-0.15, -0.1) is 0 Å². The number of benzene rings is 1. The van der Waals surface area contributed by atoms with E-state index in [0.717, 1.165) is 0 Å². The Hall–Kier alpha value is -1.57. The van der Waals surface area contributed by atoms with Gasteiger partial charge < -0.3 is 15.2 Å². The third kappa shape index (κ3) is 3.46. The molecule has 1 aliphatic rings. The third-order valence-corrected chi connectivity index (χ3v) is 3.94. The minimum atomic E-state index is -3.55. The zero-order valence-electron chi connectivity index (χ0n) is 10.3. The van der Waals surface area contributed by atoms with Gasteiger partial charge in [0.1, 0.15) is 13.2 Å². The first kappa shape index (κ1) is 13.9. The normalized spacial score (nSPS) is 14.8. The van der Waals surface area contributed by atoms with Crippen LogP contribution in [0.2, 0.25) is 0 Å². The van der Waals surface area contributed by atoms with Crippen LogP contribution in [0.15, 0.2) is 35.2 Å². The molecule has 6 nitrogen and oxygen atoms in total. The third-order valence-electron chi connectivity index (χ3n) is 2.52. The smallest absolute Gasteiger partial charge is 0.240 e. The number of ether oxygens (including phenoxy) is 2. The molecule has 0 fully saturated rings. The van der Waals surface area contributed by atoms with E-state index in [4.69, 9.17) is 15.2 Å². The van der Waals surface area contributed by atoms with Crippen molar-refractivity contribution in [2.45, 2.75) is 4.90 Å². The molecule has 0 unspecified atom stereocenters. The van der Waals surface area contributed by atoms with Gasteiger partial charge in [-0.2, -0.15) is 0 Å². The Kier molecular flexibility index (Phi) is 4.41. The highest BCUT2D eigenvalue weighted by atomic mass is 32.2. The largest absolute Gasteiger partial charge is 0.486 e. The van der Waals surface area contributed by atoms with Gasteiger partial charge in [0.25, 0.3) is 0 Å². The first-order valence-corrected chi connectivity index (χ1v) is 7.36. The average Bonchev–Trinajstić information content (AvgIpc) is 2.43. The molecule has 0 spiro atoms. The van der Waals surface area contributed by atoms with Crippen molar-refractivity contribution in [1.82, 2.24) is 4.72 Å². The molecule has 0 amide bonds. The number of nitrogens with two attached hydrogens (primary N) is 1. The maximum atomic E-state index is 12.0. The van der Waals surface area contributed by atoms with Crippen LogP contribution in [-0.2, 0) is 10.0 Å². The van der Waals surface area contributed by atoms with Gasteiger partial charge in [-0.25, -0.2) is 13.1 Å². The summed E-state index contributed by atoms with van der Waals surface area (Å²) in [6.45, 7) is 1.48. The molecule has 7 heteroatoms. The van der Waals surface area contributed by atoms with Gasteiger partial charge in [0.05, 0.1) is 4.90 Å². The van der Waals surface area contributed by atoms with E-state index in [0.29, 0.717) is 31.3 Å². The number of hydrogen-bond donors (Lipinski definition) is 2. The molecule has 19 heavy (non-hydrogen) atoms. The van der Waals surface area contributed by atoms with Crippen LogP contribution in [0.5, 0.6) is 11.5 Å². The van der Waals surface area contributed by atoms with Crippen LogP contribution >= 0.6 is 0 Å². The molecular weight excluding hydrogens is 268 g/mol. The molecular formula is C12H16N2O4S. The van der Waals surface area contributed by atoms with Crippen LogP contribution in [0.1, 0.15) is 0 Å². The van der Waals surface area contributed by atoms with Crippen molar-refractivity contribution in [2.24, 2.45) is 5.73 Å². The number of rotatable bonds is 5. The van der Waals surface area contributed by atoms with Crippen molar-refractivity contribution in [3.05, 3.63) is 30.4 Å². The van der Waals surface area contributed by atoms with Crippen molar-refractivity contribution in [1.29, 1.82) is 0 Å². The summed E-state index contributed by atoms with van der Waals surface area (Å²) in [6, 6.07) is 4.55. The lowest BCUT2D eigenvalue weighted by Crippen LogP contribution is -2.24. The lowest BCUT2D eigenvalue weighted by molar-refractivity contribution is 0.171. The van der Waals surface area contributed by atoms with Gasteiger partial charge in [0.2, 0.25) is 10.0 Å². The monoisotopic (exact) mass is 284 g/mol. The molecule has 2 rings (SSSR count). The average molecular weight is 284 g/mol. The van der Waals surface area contributed by atoms with Crippen LogP contribution in [0, 0.1) is 0 Å². The number of nitrogens with one attached hydrogen (secondary N) is 1. The quantitative estimate of drug-likeness (QED) is 0.756. The molecule has 3 N–H and O–H groups in total. The van der Waals surface area contributed by atoms with E-state index in [1.54, 1.807) is 18.2 Å². The molecule has 1 aliphatic heterocycles. The minimum absolute atomic E-state index is 0.151. The summed E-state index contributed by atoms with van der Waals surface area (Å²) in [4.78, 5) is 0.151. The van der Waals surface area contributed by atoms with E-state index >= 15 is 0 Å². The molecule has 0 saturated carbocycles. The van der Waals surface area contributed by atoms with Crippen LogP contribution in [0.4, 0.5) is 0 Å². The van der Waals surface area contributed by atoms with Crippen molar-refractivity contribution < 1.29 is 17.9 Å². The summed E-state index contributed by atoms with van der Waals surface area (Å²) in [5, 5.41) is 0. The van der Waals surface area contributed by atoms with Gasteiger partial charge in [0, 0.05) is 19.2 Å². The highest BCUT2D eigenvalue weighted by Gasteiger charge is 2.18. The molecule has 0 atom stereocenters. The Morgan fingerprint density at radius 1 is 1.21 bits per heavy atom. The second-order valence-electron chi connectivity index (χ2n) is 3.86. The fraction of sp³-hybridized carbons (Fsp3) is 0.333.